The van der Waals surface area contributed by atoms with Gasteiger partial charge in [0, 0.05) is 0 Å². The van der Waals surface area contributed by atoms with Gasteiger partial charge in [-0.1, -0.05) is 0 Å². The zero-order valence-electron chi connectivity index (χ0n) is 14.9. The molecule has 0 radical (unpaired) electrons. The van der Waals surface area contributed by atoms with E-state index in [-0.39, 0.29) is 42.0 Å². The number of carbonyl (C=O) groups is 3. The van der Waals surface area contributed by atoms with Crippen molar-refractivity contribution >= 4 is 43.7 Å². The first-order chi connectivity index (χ1) is 13.3. The van der Waals surface area contributed by atoms with Crippen molar-refractivity contribution in [3.8, 4) is 0 Å². The minimum absolute atomic E-state index is 0.0725. The van der Waals surface area contributed by atoms with Crippen LogP contribution >= 0.6 is 0 Å². The molecule has 2 rings (SSSR count). The van der Waals surface area contributed by atoms with Gasteiger partial charge in [-0.25, -0.2) is 0 Å². The topological polar surface area (TPSA) is 152 Å². The summed E-state index contributed by atoms with van der Waals surface area (Å²) in [6.07, 6.45) is 0. The van der Waals surface area contributed by atoms with Crippen LogP contribution in [0.2, 0.25) is 0 Å². The number of ether oxygens (including phenoxy) is 2. The summed E-state index contributed by atoms with van der Waals surface area (Å²) in [6.45, 7) is 2.38. The van der Waals surface area contributed by atoms with Crippen molar-refractivity contribution in [1.82, 2.24) is 0 Å². The number of aliphatic hydroxyl groups is 1. The Kier molecular flexibility index (Phi) is 7.22. The number of hydrogen-bond donors (Lipinski definition) is 1. The van der Waals surface area contributed by atoms with Gasteiger partial charge >= 0.3 is 159 Å². The first kappa shape index (κ1) is 21.0. The van der Waals surface area contributed by atoms with Crippen molar-refractivity contribution in [3.05, 3.63) is 55.1 Å². The molecule has 0 aliphatic carbocycles. The molecule has 0 aliphatic heterocycles. The molecule has 10 nitrogen and oxygen atoms in total. The van der Waals surface area contributed by atoms with Gasteiger partial charge < -0.3 is 0 Å². The number of azide groups is 1. The van der Waals surface area contributed by atoms with E-state index < -0.39 is 26.4 Å². The van der Waals surface area contributed by atoms with E-state index in [9.17, 15) is 19.5 Å². The second kappa shape index (κ2) is 9.61. The Morgan fingerprint density at radius 2 is 1.75 bits per heavy atom. The van der Waals surface area contributed by atoms with Crippen LogP contribution in [0.25, 0.3) is 16.0 Å². The van der Waals surface area contributed by atoms with Gasteiger partial charge in [0.1, 0.15) is 0 Å². The molecular formula is C17H15N3O7Se. The molecule has 0 spiro atoms. The summed E-state index contributed by atoms with van der Waals surface area (Å²) in [5.41, 5.74) is 8.48. The third-order valence-corrected chi connectivity index (χ3v) is 5.53. The van der Waals surface area contributed by atoms with Crippen LogP contribution in [0.15, 0.2) is 39.6 Å². The maximum absolute atomic E-state index is 12.1. The van der Waals surface area contributed by atoms with Gasteiger partial charge in [-0.2, -0.15) is 0 Å². The quantitative estimate of drug-likeness (QED) is 0.0944. The Labute approximate surface area is 164 Å². The summed E-state index contributed by atoms with van der Waals surface area (Å²) in [6, 6.07) is 5.75. The number of esters is 2. The van der Waals surface area contributed by atoms with Crippen molar-refractivity contribution in [2.75, 3.05) is 13.2 Å². The van der Waals surface area contributed by atoms with Crippen molar-refractivity contribution in [2.24, 2.45) is 5.11 Å². The van der Waals surface area contributed by atoms with Crippen LogP contribution in [0, 0.1) is 0 Å². The molecular weight excluding hydrogens is 437 g/mol. The fourth-order valence-electron chi connectivity index (χ4n) is 2.13. The molecule has 0 saturated carbocycles. The van der Waals surface area contributed by atoms with Gasteiger partial charge in [0.05, 0.1) is 0 Å². The number of furan rings is 1. The third-order valence-electron chi connectivity index (χ3n) is 3.25. The standard InChI is InChI=1S/C17H15N3O7Se/c1-9(21)15(10(2)22)12-4-5-13(28-12)17(24)26-8-7-25-16(23)11-3-6-14(27-11)19-20-18/h3-6,21H,7-8H2,1-2H3/b15-9+. The molecule has 0 bridgehead atoms. The van der Waals surface area contributed by atoms with E-state index in [2.05, 4.69) is 10.0 Å². The van der Waals surface area contributed by atoms with Crippen molar-refractivity contribution in [2.45, 2.75) is 13.8 Å². The summed E-state index contributed by atoms with van der Waals surface area (Å²) < 4.78 is 15.9. The molecule has 0 unspecified atom stereocenters. The predicted octanol–water partition coefficient (Wildman–Crippen LogP) is 3.17. The zero-order valence-corrected chi connectivity index (χ0v) is 16.6. The van der Waals surface area contributed by atoms with Gasteiger partial charge in [0.15, 0.2) is 0 Å². The molecule has 0 aliphatic rings. The van der Waals surface area contributed by atoms with E-state index in [0.29, 0.717) is 8.87 Å². The number of allylic oxidation sites excluding steroid dienone is 2. The van der Waals surface area contributed by atoms with Crippen LogP contribution in [0.1, 0.15) is 38.1 Å². The molecule has 2 heterocycles. The minimum atomic E-state index is -0.793. The summed E-state index contributed by atoms with van der Waals surface area (Å²) in [7, 11) is 0. The number of nitrogens with zero attached hydrogens (tertiary/aromatic N) is 3. The summed E-state index contributed by atoms with van der Waals surface area (Å²) >= 11 is -0.482. The SMILES string of the molecule is CC(=O)/C(=C(/C)O)c1ccc(C(=O)OCCOC(=O)c2ccc(N=[N+]=[N-])o2)[se]1. The Morgan fingerprint density at radius 1 is 1.11 bits per heavy atom. The van der Waals surface area contributed by atoms with Crippen LogP contribution in [0.5, 0.6) is 0 Å². The molecule has 0 aromatic carbocycles. The van der Waals surface area contributed by atoms with Crippen LogP contribution in [-0.4, -0.2) is 50.5 Å². The van der Waals surface area contributed by atoms with Crippen LogP contribution in [-0.2, 0) is 14.3 Å². The molecule has 11 heteroatoms. The van der Waals surface area contributed by atoms with Crippen molar-refractivity contribution < 1.29 is 33.4 Å². The Hall–Kier alpha value is -3.26. The van der Waals surface area contributed by atoms with Gasteiger partial charge in [-0.05, 0) is 5.53 Å². The summed E-state index contributed by atoms with van der Waals surface area (Å²) in [5.74, 6) is -1.99. The van der Waals surface area contributed by atoms with Gasteiger partial charge in [-0.3, -0.25) is 0 Å². The number of hydrogen-bond acceptors (Lipinski definition) is 8. The molecule has 0 fully saturated rings. The van der Waals surface area contributed by atoms with E-state index in [0.717, 1.165) is 0 Å². The van der Waals surface area contributed by atoms with Crippen molar-refractivity contribution in [1.29, 1.82) is 0 Å². The van der Waals surface area contributed by atoms with Crippen LogP contribution in [0.4, 0.5) is 5.88 Å². The Bertz CT molecular complexity index is 979. The summed E-state index contributed by atoms with van der Waals surface area (Å²) in [5, 5.41) is 12.8. The third kappa shape index (κ3) is 5.37. The number of rotatable bonds is 8. The zero-order chi connectivity index (χ0) is 20.7. The average Bonchev–Trinajstić information content (AvgIpc) is 3.28. The molecule has 0 amide bonds. The molecule has 28 heavy (non-hydrogen) atoms. The van der Waals surface area contributed by atoms with E-state index in [4.69, 9.17) is 19.4 Å². The van der Waals surface area contributed by atoms with Gasteiger partial charge in [0.25, 0.3) is 0 Å². The first-order valence-electron chi connectivity index (χ1n) is 7.83. The monoisotopic (exact) mass is 453 g/mol. The molecule has 0 saturated heterocycles. The second-order valence-corrected chi connectivity index (χ2v) is 7.55. The number of aliphatic hydroxyl groups excluding tert-OH is 1. The van der Waals surface area contributed by atoms with Crippen molar-refractivity contribution in [3.63, 3.8) is 0 Å². The van der Waals surface area contributed by atoms with Gasteiger partial charge in [0.2, 0.25) is 0 Å². The number of ketones is 1. The Morgan fingerprint density at radius 3 is 2.36 bits per heavy atom. The second-order valence-electron chi connectivity index (χ2n) is 5.28. The van der Waals surface area contributed by atoms with E-state index in [1.807, 2.05) is 0 Å². The van der Waals surface area contributed by atoms with E-state index in [1.54, 1.807) is 6.07 Å². The molecule has 146 valence electrons. The molecule has 2 aromatic rings. The Balaban J connectivity index is 1.86. The number of Topliss-reactive ketones (excluding diaryl/α,β-unsaturated/α-hetero) is 1. The maximum atomic E-state index is 12.1. The van der Waals surface area contributed by atoms with Gasteiger partial charge in [-0.15, -0.1) is 0 Å². The molecule has 1 N–H and O–H groups in total. The van der Waals surface area contributed by atoms with Crippen LogP contribution in [0.3, 0.4) is 0 Å². The predicted molar refractivity (Wildman–Crippen MR) is 97.4 cm³/mol. The fraction of sp³-hybridized carbons (Fsp3) is 0.235. The normalized spacial score (nSPS) is 11.2. The molecule has 0 atom stereocenters. The number of carbonyl (C=O) groups excluding carboxylic acids is 3. The first-order valence-corrected chi connectivity index (χ1v) is 9.55. The molecule has 2 aromatic heterocycles. The van der Waals surface area contributed by atoms with E-state index >= 15 is 0 Å². The summed E-state index contributed by atoms with van der Waals surface area (Å²) in [4.78, 5) is 37.9. The van der Waals surface area contributed by atoms with E-state index in [1.165, 1.54) is 32.0 Å². The van der Waals surface area contributed by atoms with Crippen LogP contribution < -0.4 is 0 Å². The fourth-order valence-corrected chi connectivity index (χ4v) is 4.33. The average molecular weight is 452 g/mol.